The summed E-state index contributed by atoms with van der Waals surface area (Å²) in [5, 5.41) is 0.184. The molecule has 2 heterocycles. The number of nitrogens with zero attached hydrogens (tertiary/aromatic N) is 3. The van der Waals surface area contributed by atoms with E-state index in [4.69, 9.17) is 11.6 Å². The molecule has 0 bridgehead atoms. The topological polar surface area (TPSA) is 99.3 Å². The van der Waals surface area contributed by atoms with Gasteiger partial charge >= 0.3 is 5.69 Å². The molecule has 8 heteroatoms. The summed E-state index contributed by atoms with van der Waals surface area (Å²) in [6.45, 7) is 4.91. The molecule has 1 saturated carbocycles. The van der Waals surface area contributed by atoms with Crippen LogP contribution in [0.15, 0.2) is 15.7 Å². The van der Waals surface area contributed by atoms with E-state index in [1.807, 2.05) is 11.8 Å². The summed E-state index contributed by atoms with van der Waals surface area (Å²) in [5.41, 5.74) is 5.95. The molecular formula is C18H24FN5O2. The molecule has 26 heavy (non-hydrogen) atoms. The lowest BCUT2D eigenvalue weighted by molar-refractivity contribution is 0.487. The number of aromatic nitrogens is 2. The Morgan fingerprint density at radius 1 is 1.27 bits per heavy atom. The number of benzene rings is 1. The van der Waals surface area contributed by atoms with Crippen molar-refractivity contribution in [3.63, 3.8) is 0 Å². The Labute approximate surface area is 150 Å². The van der Waals surface area contributed by atoms with Crippen molar-refractivity contribution in [2.24, 2.45) is 11.7 Å². The average Bonchev–Trinajstić information content (AvgIpc) is 3.30. The van der Waals surface area contributed by atoms with Crippen LogP contribution in [0, 0.1) is 18.7 Å². The highest BCUT2D eigenvalue weighted by Crippen LogP contribution is 2.38. The summed E-state index contributed by atoms with van der Waals surface area (Å²) in [4.78, 5) is 27.0. The van der Waals surface area contributed by atoms with Gasteiger partial charge in [-0.15, -0.1) is 0 Å². The molecule has 2 atom stereocenters. The van der Waals surface area contributed by atoms with Crippen LogP contribution < -0.4 is 27.7 Å². The smallest absolute Gasteiger partial charge is 0.350 e. The van der Waals surface area contributed by atoms with Crippen LogP contribution in [0.5, 0.6) is 0 Å². The number of hydrogen-bond acceptors (Lipinski definition) is 5. The SMILES string of the molecule is Cc1c(F)c(N2CC[C@@H](C(C)N)C2)cc2c1c(=O)n(N)c(=O)n2C1CC1. The number of rotatable bonds is 3. The number of nitrogens with two attached hydrogens (primary N) is 2. The van der Waals surface area contributed by atoms with E-state index in [1.165, 1.54) is 0 Å². The average molecular weight is 361 g/mol. The van der Waals surface area contributed by atoms with Crippen LogP contribution in [-0.4, -0.2) is 28.4 Å². The van der Waals surface area contributed by atoms with Crippen LogP contribution in [0.1, 0.15) is 37.8 Å². The van der Waals surface area contributed by atoms with Gasteiger partial charge in [-0.3, -0.25) is 9.36 Å². The monoisotopic (exact) mass is 361 g/mol. The highest BCUT2D eigenvalue weighted by atomic mass is 19.1. The van der Waals surface area contributed by atoms with Gasteiger partial charge in [0.2, 0.25) is 0 Å². The molecule has 1 aliphatic carbocycles. The van der Waals surface area contributed by atoms with Crippen LogP contribution in [-0.2, 0) is 0 Å². The highest BCUT2D eigenvalue weighted by Gasteiger charge is 2.32. The lowest BCUT2D eigenvalue weighted by atomic mass is 10.0. The molecule has 1 saturated heterocycles. The van der Waals surface area contributed by atoms with Gasteiger partial charge in [0, 0.05) is 30.7 Å². The molecule has 0 radical (unpaired) electrons. The molecule has 1 unspecified atom stereocenters. The molecule has 1 aromatic carbocycles. The zero-order valence-electron chi connectivity index (χ0n) is 15.0. The summed E-state index contributed by atoms with van der Waals surface area (Å²) in [6, 6.07) is 1.70. The van der Waals surface area contributed by atoms with Gasteiger partial charge < -0.3 is 16.5 Å². The van der Waals surface area contributed by atoms with Gasteiger partial charge in [0.25, 0.3) is 5.56 Å². The van der Waals surface area contributed by atoms with Crippen molar-refractivity contribution >= 4 is 16.6 Å². The van der Waals surface area contributed by atoms with Gasteiger partial charge in [0.1, 0.15) is 5.82 Å². The minimum Gasteiger partial charge on any atom is -0.369 e. The van der Waals surface area contributed by atoms with Crippen LogP contribution in [0.2, 0.25) is 0 Å². The lowest BCUT2D eigenvalue weighted by Gasteiger charge is -2.23. The predicted molar refractivity (Wildman–Crippen MR) is 99.6 cm³/mol. The molecule has 140 valence electrons. The molecular weight excluding hydrogens is 337 g/mol. The van der Waals surface area contributed by atoms with E-state index in [1.54, 1.807) is 17.6 Å². The van der Waals surface area contributed by atoms with E-state index >= 15 is 4.39 Å². The second-order valence-corrected chi connectivity index (χ2v) is 7.64. The second-order valence-electron chi connectivity index (χ2n) is 7.64. The first-order valence-electron chi connectivity index (χ1n) is 9.07. The van der Waals surface area contributed by atoms with Crippen molar-refractivity contribution in [1.82, 2.24) is 9.24 Å². The van der Waals surface area contributed by atoms with Crippen molar-refractivity contribution in [2.75, 3.05) is 23.8 Å². The van der Waals surface area contributed by atoms with Crippen LogP contribution in [0.3, 0.4) is 0 Å². The molecule has 0 amide bonds. The number of hydrogen-bond donors (Lipinski definition) is 2. The fourth-order valence-corrected chi connectivity index (χ4v) is 4.00. The summed E-state index contributed by atoms with van der Waals surface area (Å²) >= 11 is 0. The van der Waals surface area contributed by atoms with Gasteiger partial charge in [0.05, 0.1) is 16.6 Å². The number of anilines is 1. The number of fused-ring (bicyclic) bond motifs is 1. The largest absolute Gasteiger partial charge is 0.369 e. The number of nitrogen functional groups attached to an aromatic ring is 1. The lowest BCUT2D eigenvalue weighted by Crippen LogP contribution is -2.44. The third kappa shape index (κ3) is 2.43. The minimum atomic E-state index is -0.653. The number of halogens is 1. The van der Waals surface area contributed by atoms with Crippen LogP contribution in [0.25, 0.3) is 10.9 Å². The maximum absolute atomic E-state index is 15.1. The Bertz CT molecular complexity index is 1010. The van der Waals surface area contributed by atoms with Crippen molar-refractivity contribution in [1.29, 1.82) is 0 Å². The van der Waals surface area contributed by atoms with E-state index < -0.39 is 17.1 Å². The quantitative estimate of drug-likeness (QED) is 0.789. The summed E-state index contributed by atoms with van der Waals surface area (Å²) in [5.74, 6) is 5.54. The fraction of sp³-hybridized carbons (Fsp3) is 0.556. The molecule has 0 spiro atoms. The first kappa shape index (κ1) is 17.1. The molecule has 2 fully saturated rings. The Morgan fingerprint density at radius 3 is 2.54 bits per heavy atom. The van der Waals surface area contributed by atoms with Gasteiger partial charge in [0.15, 0.2) is 0 Å². The van der Waals surface area contributed by atoms with Crippen molar-refractivity contribution in [3.8, 4) is 0 Å². The molecule has 1 aromatic heterocycles. The normalized spacial score (nSPS) is 21.5. The van der Waals surface area contributed by atoms with Crippen LogP contribution in [0.4, 0.5) is 10.1 Å². The molecule has 4 rings (SSSR count). The standard InChI is InChI=1S/C18H24FN5O2/c1-9-15-13(23(12-3-4-12)18(26)24(21)17(15)25)7-14(16(9)19)22-6-5-11(8-22)10(2)20/h7,10-12H,3-6,8,20-21H2,1-2H3/t10?,11-/m1/s1. The fourth-order valence-electron chi connectivity index (χ4n) is 4.00. The predicted octanol–water partition coefficient (Wildman–Crippen LogP) is 0.833. The van der Waals surface area contributed by atoms with Crippen molar-refractivity contribution in [3.05, 3.63) is 38.3 Å². The molecule has 2 aromatic rings. The van der Waals surface area contributed by atoms with E-state index in [-0.39, 0.29) is 23.0 Å². The third-order valence-corrected chi connectivity index (χ3v) is 5.78. The van der Waals surface area contributed by atoms with E-state index in [0.29, 0.717) is 34.9 Å². The molecule has 7 nitrogen and oxygen atoms in total. The van der Waals surface area contributed by atoms with Crippen LogP contribution >= 0.6 is 0 Å². The highest BCUT2D eigenvalue weighted by molar-refractivity contribution is 5.86. The molecule has 2 aliphatic rings. The Morgan fingerprint density at radius 2 is 1.96 bits per heavy atom. The third-order valence-electron chi connectivity index (χ3n) is 5.78. The first-order valence-corrected chi connectivity index (χ1v) is 9.07. The van der Waals surface area contributed by atoms with Gasteiger partial charge in [-0.05, 0) is 45.1 Å². The zero-order chi connectivity index (χ0) is 18.7. The first-order chi connectivity index (χ1) is 12.3. The maximum atomic E-state index is 15.1. The van der Waals surface area contributed by atoms with Gasteiger partial charge in [-0.2, -0.15) is 4.68 Å². The number of aryl methyl sites for hydroxylation is 1. The van der Waals surface area contributed by atoms with Crippen molar-refractivity contribution < 1.29 is 4.39 Å². The van der Waals surface area contributed by atoms with Gasteiger partial charge in [-0.1, -0.05) is 0 Å². The van der Waals surface area contributed by atoms with Crippen molar-refractivity contribution in [2.45, 2.75) is 45.2 Å². The maximum Gasteiger partial charge on any atom is 0.350 e. The summed E-state index contributed by atoms with van der Waals surface area (Å²) in [7, 11) is 0. The summed E-state index contributed by atoms with van der Waals surface area (Å²) in [6.07, 6.45) is 2.61. The zero-order valence-corrected chi connectivity index (χ0v) is 15.0. The minimum absolute atomic E-state index is 0.0218. The molecule has 4 N–H and O–H groups in total. The Hall–Kier alpha value is -2.35. The van der Waals surface area contributed by atoms with E-state index in [0.717, 1.165) is 19.3 Å². The summed E-state index contributed by atoms with van der Waals surface area (Å²) < 4.78 is 17.3. The van der Waals surface area contributed by atoms with Gasteiger partial charge in [-0.25, -0.2) is 9.18 Å². The molecule has 1 aliphatic heterocycles. The van der Waals surface area contributed by atoms with E-state index in [9.17, 15) is 9.59 Å². The Kier molecular flexibility index (Phi) is 3.83. The van der Waals surface area contributed by atoms with E-state index in [2.05, 4.69) is 0 Å². The second kappa shape index (κ2) is 5.84. The Balaban J connectivity index is 1.96.